The Morgan fingerprint density at radius 3 is 2.63 bits per heavy atom. The van der Waals surface area contributed by atoms with E-state index in [4.69, 9.17) is 4.74 Å². The number of rotatable bonds is 5. The molecule has 5 nitrogen and oxygen atoms in total. The molecule has 2 aromatic rings. The number of anilines is 1. The topological polar surface area (TPSA) is 73.6 Å². The molecule has 1 N–H and O–H groups in total. The molecule has 0 atom stereocenters. The second kappa shape index (κ2) is 8.13. The molecule has 27 heavy (non-hydrogen) atoms. The van der Waals surface area contributed by atoms with Crippen molar-refractivity contribution in [3.8, 4) is 11.8 Å². The zero-order valence-corrected chi connectivity index (χ0v) is 15.7. The van der Waals surface area contributed by atoms with E-state index in [9.17, 15) is 15.2 Å². The Balaban J connectivity index is 1.72. The Morgan fingerprint density at radius 1 is 1.30 bits per heavy atom. The van der Waals surface area contributed by atoms with Crippen molar-refractivity contribution in [1.29, 1.82) is 5.26 Å². The fourth-order valence-corrected chi connectivity index (χ4v) is 3.84. The Labute approximate surface area is 159 Å². The Morgan fingerprint density at radius 2 is 2.00 bits per heavy atom. The van der Waals surface area contributed by atoms with Crippen LogP contribution in [0.15, 0.2) is 36.4 Å². The van der Waals surface area contributed by atoms with Crippen LogP contribution in [0.1, 0.15) is 39.9 Å². The molecule has 5 heteroatoms. The van der Waals surface area contributed by atoms with Gasteiger partial charge in [-0.3, -0.25) is 0 Å². The van der Waals surface area contributed by atoms with Crippen molar-refractivity contribution in [1.82, 2.24) is 0 Å². The van der Waals surface area contributed by atoms with Gasteiger partial charge in [0, 0.05) is 13.1 Å². The van der Waals surface area contributed by atoms with Crippen LogP contribution in [-0.2, 0) is 6.42 Å². The summed E-state index contributed by atoms with van der Waals surface area (Å²) in [6, 6.07) is 13.5. The van der Waals surface area contributed by atoms with E-state index in [-0.39, 0.29) is 0 Å². The smallest absolute Gasteiger partial charge is 0.335 e. The van der Waals surface area contributed by atoms with E-state index in [1.54, 1.807) is 20.1 Å². The molecule has 0 aromatic heterocycles. The van der Waals surface area contributed by atoms with Crippen LogP contribution in [0, 0.1) is 24.2 Å². The average molecular weight is 364 g/mol. The van der Waals surface area contributed by atoms with Gasteiger partial charge in [0.15, 0.2) is 0 Å². The monoisotopic (exact) mass is 364 g/mol. The lowest BCUT2D eigenvalue weighted by molar-refractivity contribution is 0.0696. The van der Waals surface area contributed by atoms with Crippen LogP contribution in [0.5, 0.6) is 5.75 Å². The molecule has 3 rings (SSSR count). The lowest BCUT2D eigenvalue weighted by atomic mass is 9.88. The molecule has 1 saturated heterocycles. The predicted molar refractivity (Wildman–Crippen MR) is 104 cm³/mol. The van der Waals surface area contributed by atoms with Crippen LogP contribution in [0.4, 0.5) is 5.69 Å². The molecule has 1 aliphatic rings. The summed E-state index contributed by atoms with van der Waals surface area (Å²) >= 11 is 0. The van der Waals surface area contributed by atoms with Crippen molar-refractivity contribution in [3.05, 3.63) is 58.7 Å². The van der Waals surface area contributed by atoms with Gasteiger partial charge in [0.1, 0.15) is 11.8 Å². The Kier molecular flexibility index (Phi) is 5.66. The zero-order valence-electron chi connectivity index (χ0n) is 15.7. The first-order chi connectivity index (χ1) is 13.0. The van der Waals surface area contributed by atoms with Crippen molar-refractivity contribution >= 4 is 11.7 Å². The minimum absolute atomic E-state index is 0.339. The summed E-state index contributed by atoms with van der Waals surface area (Å²) in [4.78, 5) is 13.7. The number of aromatic carboxylic acids is 1. The van der Waals surface area contributed by atoms with E-state index in [0.717, 1.165) is 49.4 Å². The fourth-order valence-electron chi connectivity index (χ4n) is 3.84. The highest BCUT2D eigenvalue weighted by Gasteiger charge is 2.23. The quantitative estimate of drug-likeness (QED) is 0.867. The maximum absolute atomic E-state index is 11.5. The molecule has 0 unspecified atom stereocenters. The first-order valence-corrected chi connectivity index (χ1v) is 9.18. The largest absolute Gasteiger partial charge is 0.496 e. The normalized spacial score (nSPS) is 14.6. The number of benzene rings is 2. The number of nitriles is 1. The summed E-state index contributed by atoms with van der Waals surface area (Å²) < 4.78 is 5.48. The minimum atomic E-state index is -0.903. The standard InChI is InChI=1S/C22H24N2O3/c1-15-11-21(27-2)18(13-19(15)22(25)26)12-16-7-9-24(10-8-16)20-6-4-3-5-17(20)14-23/h3-6,11,13,16H,7-10,12H2,1-2H3,(H,25,26). The van der Waals surface area contributed by atoms with E-state index in [2.05, 4.69) is 11.0 Å². The summed E-state index contributed by atoms with van der Waals surface area (Å²) in [5, 5.41) is 18.7. The summed E-state index contributed by atoms with van der Waals surface area (Å²) in [5.74, 6) is 0.322. The van der Waals surface area contributed by atoms with Crippen LogP contribution in [0.2, 0.25) is 0 Å². The SMILES string of the molecule is COc1cc(C)c(C(=O)O)cc1CC1CCN(c2ccccc2C#N)CC1. The number of aryl methyl sites for hydroxylation is 1. The number of piperidine rings is 1. The second-order valence-electron chi connectivity index (χ2n) is 7.05. The summed E-state index contributed by atoms with van der Waals surface area (Å²) in [6.07, 6.45) is 2.80. The number of hydrogen-bond donors (Lipinski definition) is 1. The molecule has 2 aromatic carbocycles. The van der Waals surface area contributed by atoms with Crippen LogP contribution in [0.3, 0.4) is 0 Å². The highest BCUT2D eigenvalue weighted by Crippen LogP contribution is 2.31. The highest BCUT2D eigenvalue weighted by atomic mass is 16.5. The summed E-state index contributed by atoms with van der Waals surface area (Å²) in [7, 11) is 1.63. The third-order valence-electron chi connectivity index (χ3n) is 5.35. The summed E-state index contributed by atoms with van der Waals surface area (Å²) in [5.41, 5.74) is 3.72. The van der Waals surface area contributed by atoms with Crippen molar-refractivity contribution < 1.29 is 14.6 Å². The van der Waals surface area contributed by atoms with Gasteiger partial charge in [-0.15, -0.1) is 0 Å². The zero-order chi connectivity index (χ0) is 19.4. The van der Waals surface area contributed by atoms with Crippen LogP contribution >= 0.6 is 0 Å². The molecular formula is C22H24N2O3. The highest BCUT2D eigenvalue weighted by molar-refractivity contribution is 5.90. The fraction of sp³-hybridized carbons (Fsp3) is 0.364. The Bertz CT molecular complexity index is 878. The number of carboxylic acid groups (broad SMARTS) is 1. The number of hydrogen-bond acceptors (Lipinski definition) is 4. The van der Waals surface area contributed by atoms with Gasteiger partial charge in [-0.1, -0.05) is 12.1 Å². The third-order valence-corrected chi connectivity index (χ3v) is 5.35. The van der Waals surface area contributed by atoms with E-state index < -0.39 is 5.97 Å². The van der Waals surface area contributed by atoms with Crippen LogP contribution in [0.25, 0.3) is 0 Å². The Hall–Kier alpha value is -3.00. The molecule has 0 saturated carbocycles. The van der Waals surface area contributed by atoms with Gasteiger partial charge in [0.05, 0.1) is 23.9 Å². The van der Waals surface area contributed by atoms with E-state index >= 15 is 0 Å². The number of carbonyl (C=O) groups is 1. The number of nitrogens with zero attached hydrogens (tertiary/aromatic N) is 2. The summed E-state index contributed by atoms with van der Waals surface area (Å²) in [6.45, 7) is 3.58. The van der Waals surface area contributed by atoms with Gasteiger partial charge < -0.3 is 14.7 Å². The molecule has 140 valence electrons. The molecule has 0 radical (unpaired) electrons. The van der Waals surface area contributed by atoms with Gasteiger partial charge in [-0.25, -0.2) is 4.79 Å². The predicted octanol–water partition coefficient (Wildman–Crippen LogP) is 4.03. The second-order valence-corrected chi connectivity index (χ2v) is 7.05. The first kappa shape index (κ1) is 18.8. The van der Waals surface area contributed by atoms with E-state index in [0.29, 0.717) is 22.6 Å². The van der Waals surface area contributed by atoms with Gasteiger partial charge in [-0.05, 0) is 67.5 Å². The number of carboxylic acids is 1. The first-order valence-electron chi connectivity index (χ1n) is 9.18. The molecule has 0 bridgehead atoms. The molecule has 1 aliphatic heterocycles. The maximum Gasteiger partial charge on any atom is 0.335 e. The van der Waals surface area contributed by atoms with E-state index in [1.165, 1.54) is 0 Å². The molecule has 0 amide bonds. The van der Waals surface area contributed by atoms with Crippen molar-refractivity contribution in [2.45, 2.75) is 26.2 Å². The molecule has 0 aliphatic carbocycles. The van der Waals surface area contributed by atoms with Crippen LogP contribution in [-0.4, -0.2) is 31.3 Å². The number of ether oxygens (including phenoxy) is 1. The number of para-hydroxylation sites is 1. The van der Waals surface area contributed by atoms with Crippen molar-refractivity contribution in [2.24, 2.45) is 5.92 Å². The average Bonchev–Trinajstić information content (AvgIpc) is 2.69. The molecule has 1 fully saturated rings. The molecule has 1 heterocycles. The van der Waals surface area contributed by atoms with Gasteiger partial charge in [0.25, 0.3) is 0 Å². The third kappa shape index (κ3) is 4.06. The maximum atomic E-state index is 11.5. The van der Waals surface area contributed by atoms with Gasteiger partial charge in [0.2, 0.25) is 0 Å². The van der Waals surface area contributed by atoms with Crippen LogP contribution < -0.4 is 9.64 Å². The molecular weight excluding hydrogens is 340 g/mol. The number of methoxy groups -OCH3 is 1. The lowest BCUT2D eigenvalue weighted by Gasteiger charge is -2.34. The van der Waals surface area contributed by atoms with Gasteiger partial charge >= 0.3 is 5.97 Å². The lowest BCUT2D eigenvalue weighted by Crippen LogP contribution is -2.34. The van der Waals surface area contributed by atoms with Crippen molar-refractivity contribution in [2.75, 3.05) is 25.1 Å². The minimum Gasteiger partial charge on any atom is -0.496 e. The van der Waals surface area contributed by atoms with E-state index in [1.807, 2.05) is 30.3 Å². The van der Waals surface area contributed by atoms with Gasteiger partial charge in [-0.2, -0.15) is 5.26 Å². The molecule has 0 spiro atoms. The van der Waals surface area contributed by atoms with Crippen molar-refractivity contribution in [3.63, 3.8) is 0 Å².